The van der Waals surface area contributed by atoms with Crippen molar-refractivity contribution in [1.29, 1.82) is 0 Å². The molecule has 1 aliphatic rings. The second kappa shape index (κ2) is 2.55. The lowest BCUT2D eigenvalue weighted by atomic mass is 9.79. The average Bonchev–Trinajstić information content (AvgIpc) is 1.83. The largest absolute Gasteiger partial charge is 0.0996 e. The molecule has 0 spiro atoms. The summed E-state index contributed by atoms with van der Waals surface area (Å²) in [4.78, 5) is 0. The van der Waals surface area contributed by atoms with Gasteiger partial charge in [0.1, 0.15) is 0 Å². The summed E-state index contributed by atoms with van der Waals surface area (Å²) >= 11 is 0. The molecule has 0 heterocycles. The summed E-state index contributed by atoms with van der Waals surface area (Å²) in [6.45, 7) is 8.67. The summed E-state index contributed by atoms with van der Waals surface area (Å²) in [6, 6.07) is 0. The third-order valence-corrected chi connectivity index (χ3v) is 2.65. The molecule has 0 radical (unpaired) electrons. The minimum Gasteiger partial charge on any atom is -0.0996 e. The van der Waals surface area contributed by atoms with Crippen molar-refractivity contribution in [2.75, 3.05) is 0 Å². The highest BCUT2D eigenvalue weighted by Crippen LogP contribution is 2.32. The highest BCUT2D eigenvalue weighted by Gasteiger charge is 2.19. The molecule has 9 heavy (non-hydrogen) atoms. The fourth-order valence-electron chi connectivity index (χ4n) is 1.53. The van der Waals surface area contributed by atoms with Gasteiger partial charge in [-0.05, 0) is 31.1 Å². The van der Waals surface area contributed by atoms with E-state index in [9.17, 15) is 0 Å². The molecule has 0 aliphatic heterocycles. The Morgan fingerprint density at radius 3 is 2.56 bits per heavy atom. The highest BCUT2D eigenvalue weighted by molar-refractivity contribution is 5.03. The molecular formula is C9H16. The van der Waals surface area contributed by atoms with Crippen LogP contribution in [-0.4, -0.2) is 0 Å². The quantitative estimate of drug-likeness (QED) is 0.435. The van der Waals surface area contributed by atoms with Crippen LogP contribution in [0.1, 0.15) is 33.1 Å². The molecule has 2 atom stereocenters. The van der Waals surface area contributed by atoms with E-state index in [0.29, 0.717) is 0 Å². The smallest absolute Gasteiger partial charge is 0.0209 e. The fraction of sp³-hybridized carbons (Fsp3) is 0.778. The molecule has 1 aliphatic carbocycles. The van der Waals surface area contributed by atoms with Gasteiger partial charge >= 0.3 is 0 Å². The minimum absolute atomic E-state index is 0.777. The van der Waals surface area contributed by atoms with Gasteiger partial charge in [-0.1, -0.05) is 26.0 Å². The number of allylic oxidation sites excluding steroid dienone is 1. The lowest BCUT2D eigenvalue weighted by molar-refractivity contribution is 0.351. The third kappa shape index (κ3) is 1.35. The maximum atomic E-state index is 4.05. The van der Waals surface area contributed by atoms with E-state index in [2.05, 4.69) is 20.4 Å². The Hall–Kier alpha value is -0.260. The average molecular weight is 124 g/mol. The summed E-state index contributed by atoms with van der Waals surface area (Å²) < 4.78 is 0. The SMILES string of the molecule is C=C1CCCC(C)C1C. The van der Waals surface area contributed by atoms with Crippen LogP contribution in [-0.2, 0) is 0 Å². The van der Waals surface area contributed by atoms with Crippen molar-refractivity contribution in [3.8, 4) is 0 Å². The van der Waals surface area contributed by atoms with E-state index in [1.165, 1.54) is 24.8 Å². The van der Waals surface area contributed by atoms with E-state index < -0.39 is 0 Å². The zero-order valence-corrected chi connectivity index (χ0v) is 6.48. The van der Waals surface area contributed by atoms with Gasteiger partial charge in [-0.25, -0.2) is 0 Å². The summed E-state index contributed by atoms with van der Waals surface area (Å²) in [5.41, 5.74) is 1.47. The first kappa shape index (κ1) is 6.85. The highest BCUT2D eigenvalue weighted by atomic mass is 14.2. The van der Waals surface area contributed by atoms with Crippen molar-refractivity contribution < 1.29 is 0 Å². The van der Waals surface area contributed by atoms with Crippen molar-refractivity contribution in [1.82, 2.24) is 0 Å². The number of hydrogen-bond donors (Lipinski definition) is 0. The van der Waals surface area contributed by atoms with Gasteiger partial charge in [-0.15, -0.1) is 0 Å². The van der Waals surface area contributed by atoms with E-state index in [1.807, 2.05) is 0 Å². The molecule has 1 fully saturated rings. The van der Waals surface area contributed by atoms with Gasteiger partial charge in [0, 0.05) is 0 Å². The first-order valence-corrected chi connectivity index (χ1v) is 3.89. The van der Waals surface area contributed by atoms with Gasteiger partial charge in [0.25, 0.3) is 0 Å². The Labute approximate surface area is 58.0 Å². The minimum atomic E-state index is 0.777. The van der Waals surface area contributed by atoms with Gasteiger partial charge in [0.15, 0.2) is 0 Å². The van der Waals surface area contributed by atoms with Crippen molar-refractivity contribution in [2.45, 2.75) is 33.1 Å². The first-order valence-electron chi connectivity index (χ1n) is 3.89. The van der Waals surface area contributed by atoms with Crippen LogP contribution in [0, 0.1) is 11.8 Å². The maximum Gasteiger partial charge on any atom is -0.0209 e. The van der Waals surface area contributed by atoms with Crippen LogP contribution in [0.15, 0.2) is 12.2 Å². The van der Waals surface area contributed by atoms with Gasteiger partial charge in [0.05, 0.1) is 0 Å². The van der Waals surface area contributed by atoms with Crippen LogP contribution in [0.2, 0.25) is 0 Å². The number of hydrogen-bond acceptors (Lipinski definition) is 0. The van der Waals surface area contributed by atoms with E-state index >= 15 is 0 Å². The molecule has 0 N–H and O–H groups in total. The Balaban J connectivity index is 2.51. The molecule has 0 heteroatoms. The van der Waals surface area contributed by atoms with E-state index in [4.69, 9.17) is 0 Å². The monoisotopic (exact) mass is 124 g/mol. The molecule has 0 aromatic heterocycles. The topological polar surface area (TPSA) is 0 Å². The van der Waals surface area contributed by atoms with Crippen LogP contribution in [0.5, 0.6) is 0 Å². The van der Waals surface area contributed by atoms with Crippen LogP contribution in [0.4, 0.5) is 0 Å². The lowest BCUT2D eigenvalue weighted by Gasteiger charge is -2.27. The van der Waals surface area contributed by atoms with Crippen molar-refractivity contribution in [2.24, 2.45) is 11.8 Å². The Kier molecular flexibility index (Phi) is 1.94. The summed E-state index contributed by atoms with van der Waals surface area (Å²) in [5, 5.41) is 0. The molecule has 0 nitrogen and oxygen atoms in total. The van der Waals surface area contributed by atoms with Gasteiger partial charge in [-0.3, -0.25) is 0 Å². The van der Waals surface area contributed by atoms with Gasteiger partial charge in [0.2, 0.25) is 0 Å². The Morgan fingerprint density at radius 2 is 2.11 bits per heavy atom. The Bertz CT molecular complexity index is 113. The Morgan fingerprint density at radius 1 is 1.44 bits per heavy atom. The van der Waals surface area contributed by atoms with Crippen molar-refractivity contribution >= 4 is 0 Å². The fourth-order valence-corrected chi connectivity index (χ4v) is 1.53. The molecule has 1 saturated carbocycles. The molecular weight excluding hydrogens is 108 g/mol. The summed E-state index contributed by atoms with van der Waals surface area (Å²) in [6.07, 6.45) is 4.04. The predicted octanol–water partition coefficient (Wildman–Crippen LogP) is 3.00. The third-order valence-electron chi connectivity index (χ3n) is 2.65. The summed E-state index contributed by atoms with van der Waals surface area (Å²) in [7, 11) is 0. The van der Waals surface area contributed by atoms with Gasteiger partial charge in [-0.2, -0.15) is 0 Å². The molecule has 52 valence electrons. The maximum absolute atomic E-state index is 4.05. The van der Waals surface area contributed by atoms with Crippen molar-refractivity contribution in [3.63, 3.8) is 0 Å². The predicted molar refractivity (Wildman–Crippen MR) is 41.3 cm³/mol. The van der Waals surface area contributed by atoms with Crippen LogP contribution in [0.25, 0.3) is 0 Å². The molecule has 0 amide bonds. The molecule has 2 unspecified atom stereocenters. The first-order chi connectivity index (χ1) is 4.22. The zero-order valence-electron chi connectivity index (χ0n) is 6.48. The molecule has 0 aromatic carbocycles. The zero-order chi connectivity index (χ0) is 6.85. The second-order valence-corrected chi connectivity index (χ2v) is 3.32. The van der Waals surface area contributed by atoms with E-state index in [-0.39, 0.29) is 0 Å². The van der Waals surface area contributed by atoms with Gasteiger partial charge < -0.3 is 0 Å². The normalized spacial score (nSPS) is 36.9. The molecule has 0 bridgehead atoms. The van der Waals surface area contributed by atoms with Crippen molar-refractivity contribution in [3.05, 3.63) is 12.2 Å². The molecule has 0 aromatic rings. The van der Waals surface area contributed by atoms with E-state index in [1.54, 1.807) is 0 Å². The second-order valence-electron chi connectivity index (χ2n) is 3.32. The lowest BCUT2D eigenvalue weighted by Crippen LogP contribution is -2.15. The molecule has 0 saturated heterocycles. The van der Waals surface area contributed by atoms with Crippen LogP contribution >= 0.6 is 0 Å². The standard InChI is InChI=1S/C9H16/c1-7-5-4-6-8(2)9(7)3/h8-9H,1,4-6H2,2-3H3. The van der Waals surface area contributed by atoms with E-state index in [0.717, 1.165) is 11.8 Å². The van der Waals surface area contributed by atoms with Crippen LogP contribution < -0.4 is 0 Å². The molecule has 1 rings (SSSR count). The summed E-state index contributed by atoms with van der Waals surface area (Å²) in [5.74, 6) is 1.66. The van der Waals surface area contributed by atoms with Crippen LogP contribution in [0.3, 0.4) is 0 Å². The number of rotatable bonds is 0.